The van der Waals surface area contributed by atoms with Crippen LogP contribution in [0.1, 0.15) is 27.5 Å². The van der Waals surface area contributed by atoms with Crippen LogP contribution in [0.15, 0.2) is 72.8 Å². The Morgan fingerprint density at radius 1 is 0.967 bits per heavy atom. The molecule has 0 radical (unpaired) electrons. The number of hydrogen-bond acceptors (Lipinski definition) is 5. The Morgan fingerprint density at radius 3 is 2.33 bits per heavy atom. The maximum Gasteiger partial charge on any atom is 0.256 e. The van der Waals surface area contributed by atoms with Crippen molar-refractivity contribution < 1.29 is 19.0 Å². The quantitative estimate of drug-likeness (QED) is 0.608. The molecule has 6 heteroatoms. The normalized spacial score (nSPS) is 11.1. The number of hydrogen-bond donors (Lipinski definition) is 1. The van der Waals surface area contributed by atoms with Gasteiger partial charge in [0.2, 0.25) is 0 Å². The topological polar surface area (TPSA) is 80.6 Å². The number of benzene rings is 3. The van der Waals surface area contributed by atoms with Crippen molar-refractivity contribution in [2.24, 2.45) is 0 Å². The summed E-state index contributed by atoms with van der Waals surface area (Å²) in [7, 11) is 2.96. The zero-order valence-corrected chi connectivity index (χ0v) is 16.8. The molecule has 1 atom stereocenters. The van der Waals surface area contributed by atoms with Crippen LogP contribution in [0.5, 0.6) is 17.2 Å². The van der Waals surface area contributed by atoms with E-state index in [2.05, 4.69) is 11.4 Å². The van der Waals surface area contributed by atoms with E-state index in [0.717, 1.165) is 5.56 Å². The molecule has 0 aromatic heterocycles. The molecule has 0 saturated heterocycles. The van der Waals surface area contributed by atoms with Gasteiger partial charge in [0.05, 0.1) is 25.9 Å². The van der Waals surface area contributed by atoms with Gasteiger partial charge < -0.3 is 19.5 Å². The number of nitrogens with zero attached hydrogens (tertiary/aromatic N) is 1. The van der Waals surface area contributed by atoms with Crippen molar-refractivity contribution in [3.63, 3.8) is 0 Å². The molecule has 30 heavy (non-hydrogen) atoms. The first kappa shape index (κ1) is 20.7. The molecule has 1 amide bonds. The lowest BCUT2D eigenvalue weighted by Crippen LogP contribution is -2.28. The van der Waals surface area contributed by atoms with E-state index < -0.39 is 11.9 Å². The lowest BCUT2D eigenvalue weighted by Gasteiger charge is -2.16. The van der Waals surface area contributed by atoms with Gasteiger partial charge in [-0.2, -0.15) is 5.26 Å². The predicted octanol–water partition coefficient (Wildman–Crippen LogP) is 4.28. The molecule has 3 rings (SSSR count). The first-order valence-electron chi connectivity index (χ1n) is 9.34. The van der Waals surface area contributed by atoms with Gasteiger partial charge in [0, 0.05) is 0 Å². The summed E-state index contributed by atoms with van der Waals surface area (Å²) in [6.45, 7) is 0.453. The minimum atomic E-state index is -0.823. The van der Waals surface area contributed by atoms with Gasteiger partial charge in [-0.05, 0) is 35.4 Å². The Bertz CT molecular complexity index is 1030. The number of nitriles is 1. The van der Waals surface area contributed by atoms with Crippen LogP contribution in [0.4, 0.5) is 0 Å². The van der Waals surface area contributed by atoms with Gasteiger partial charge in [-0.25, -0.2) is 0 Å². The van der Waals surface area contributed by atoms with E-state index in [1.807, 2.05) is 30.3 Å². The standard InChI is InChI=1S/C24H22N2O4/c1-28-22-10-6-9-20(23(22)29-2)24(27)26-21(15-25)18-11-13-19(14-12-18)30-16-17-7-4-3-5-8-17/h3-14,21H,16H2,1-2H3,(H,26,27)/t21-/m0/s1. The lowest BCUT2D eigenvalue weighted by molar-refractivity contribution is 0.0941. The van der Waals surface area contributed by atoms with Crippen molar-refractivity contribution in [3.05, 3.63) is 89.5 Å². The van der Waals surface area contributed by atoms with Crippen LogP contribution in [-0.2, 0) is 6.61 Å². The molecule has 0 fully saturated rings. The molecule has 0 aliphatic rings. The Balaban J connectivity index is 1.69. The van der Waals surface area contributed by atoms with Crippen LogP contribution in [-0.4, -0.2) is 20.1 Å². The molecule has 0 aliphatic heterocycles. The van der Waals surface area contributed by atoms with Crippen LogP contribution < -0.4 is 19.5 Å². The summed E-state index contributed by atoms with van der Waals surface area (Å²) in [5, 5.41) is 12.3. The number of para-hydroxylation sites is 1. The second-order valence-electron chi connectivity index (χ2n) is 6.42. The highest BCUT2D eigenvalue weighted by Crippen LogP contribution is 2.31. The molecule has 3 aromatic rings. The first-order chi connectivity index (χ1) is 14.7. The fourth-order valence-electron chi connectivity index (χ4n) is 2.96. The van der Waals surface area contributed by atoms with E-state index in [1.54, 1.807) is 42.5 Å². The van der Waals surface area contributed by atoms with Crippen molar-refractivity contribution in [2.45, 2.75) is 12.6 Å². The van der Waals surface area contributed by atoms with Crippen LogP contribution >= 0.6 is 0 Å². The summed E-state index contributed by atoms with van der Waals surface area (Å²) in [6.07, 6.45) is 0. The van der Waals surface area contributed by atoms with E-state index >= 15 is 0 Å². The predicted molar refractivity (Wildman–Crippen MR) is 113 cm³/mol. The second-order valence-corrected chi connectivity index (χ2v) is 6.42. The van der Waals surface area contributed by atoms with Crippen LogP contribution in [0.3, 0.4) is 0 Å². The highest BCUT2D eigenvalue weighted by atomic mass is 16.5. The number of amides is 1. The van der Waals surface area contributed by atoms with Gasteiger partial charge in [-0.3, -0.25) is 4.79 Å². The molecule has 3 aromatic carbocycles. The summed E-state index contributed by atoms with van der Waals surface area (Å²) in [4.78, 5) is 12.7. The number of methoxy groups -OCH3 is 2. The first-order valence-corrected chi connectivity index (χ1v) is 9.34. The average Bonchev–Trinajstić information content (AvgIpc) is 2.81. The maximum absolute atomic E-state index is 12.7. The maximum atomic E-state index is 12.7. The minimum Gasteiger partial charge on any atom is -0.493 e. The van der Waals surface area contributed by atoms with E-state index in [0.29, 0.717) is 35.0 Å². The van der Waals surface area contributed by atoms with Gasteiger partial charge in [-0.1, -0.05) is 48.5 Å². The van der Waals surface area contributed by atoms with E-state index in [1.165, 1.54) is 14.2 Å². The third kappa shape index (κ3) is 4.89. The van der Waals surface area contributed by atoms with Crippen molar-refractivity contribution in [2.75, 3.05) is 14.2 Å². The zero-order valence-electron chi connectivity index (χ0n) is 16.8. The monoisotopic (exact) mass is 402 g/mol. The molecule has 0 spiro atoms. The summed E-state index contributed by atoms with van der Waals surface area (Å²) in [5.41, 5.74) is 2.01. The number of carbonyl (C=O) groups excluding carboxylic acids is 1. The summed E-state index contributed by atoms with van der Waals surface area (Å²) < 4.78 is 16.3. The Kier molecular flexibility index (Phi) is 6.91. The smallest absolute Gasteiger partial charge is 0.256 e. The highest BCUT2D eigenvalue weighted by Gasteiger charge is 2.20. The molecule has 0 bridgehead atoms. The van der Waals surface area contributed by atoms with Crippen LogP contribution in [0.25, 0.3) is 0 Å². The third-order valence-electron chi connectivity index (χ3n) is 4.51. The fourth-order valence-corrected chi connectivity index (χ4v) is 2.96. The highest BCUT2D eigenvalue weighted by molar-refractivity contribution is 5.98. The van der Waals surface area contributed by atoms with Crippen LogP contribution in [0, 0.1) is 11.3 Å². The molecule has 1 N–H and O–H groups in total. The van der Waals surface area contributed by atoms with Crippen LogP contribution in [0.2, 0.25) is 0 Å². The molecule has 0 heterocycles. The fraction of sp³-hybridized carbons (Fsp3) is 0.167. The van der Waals surface area contributed by atoms with Gasteiger partial charge in [0.1, 0.15) is 18.4 Å². The van der Waals surface area contributed by atoms with Crippen molar-refractivity contribution in [3.8, 4) is 23.3 Å². The molecule has 6 nitrogen and oxygen atoms in total. The molecule has 0 aliphatic carbocycles. The molecule has 152 valence electrons. The van der Waals surface area contributed by atoms with E-state index in [9.17, 15) is 10.1 Å². The Hall–Kier alpha value is -3.98. The van der Waals surface area contributed by atoms with Gasteiger partial charge in [0.25, 0.3) is 5.91 Å². The summed E-state index contributed by atoms with van der Waals surface area (Å²) >= 11 is 0. The number of ether oxygens (including phenoxy) is 3. The number of rotatable bonds is 8. The molecular weight excluding hydrogens is 380 g/mol. The zero-order chi connectivity index (χ0) is 21.3. The summed E-state index contributed by atoms with van der Waals surface area (Å²) in [5.74, 6) is 1.01. The van der Waals surface area contributed by atoms with Gasteiger partial charge in [0.15, 0.2) is 11.5 Å². The van der Waals surface area contributed by atoms with Crippen molar-refractivity contribution in [1.82, 2.24) is 5.32 Å². The number of carbonyl (C=O) groups is 1. The van der Waals surface area contributed by atoms with Gasteiger partial charge in [-0.15, -0.1) is 0 Å². The largest absolute Gasteiger partial charge is 0.493 e. The summed E-state index contributed by atoms with van der Waals surface area (Å²) in [6, 6.07) is 23.2. The average molecular weight is 402 g/mol. The second kappa shape index (κ2) is 9.99. The van der Waals surface area contributed by atoms with E-state index in [-0.39, 0.29) is 0 Å². The Morgan fingerprint density at radius 2 is 1.70 bits per heavy atom. The Labute approximate surface area is 175 Å². The third-order valence-corrected chi connectivity index (χ3v) is 4.51. The van der Waals surface area contributed by atoms with Gasteiger partial charge >= 0.3 is 0 Å². The SMILES string of the molecule is COc1cccc(C(=O)N[C@@H](C#N)c2ccc(OCc3ccccc3)cc2)c1OC. The number of nitrogens with one attached hydrogen (secondary N) is 1. The molecular formula is C24H22N2O4. The molecule has 0 unspecified atom stereocenters. The van der Waals surface area contributed by atoms with Crippen molar-refractivity contribution >= 4 is 5.91 Å². The lowest BCUT2D eigenvalue weighted by atomic mass is 10.1. The minimum absolute atomic E-state index is 0.292. The van der Waals surface area contributed by atoms with Crippen molar-refractivity contribution in [1.29, 1.82) is 5.26 Å². The molecule has 0 saturated carbocycles. The van der Waals surface area contributed by atoms with E-state index in [4.69, 9.17) is 14.2 Å².